The van der Waals surface area contributed by atoms with Crippen LogP contribution in [0.4, 0.5) is 5.69 Å². The minimum atomic E-state index is -0.951. The zero-order valence-corrected chi connectivity index (χ0v) is 21.1. The summed E-state index contributed by atoms with van der Waals surface area (Å²) in [5.41, 5.74) is 1.81. The number of carboxylic acid groups (broad SMARTS) is 1. The molecular weight excluding hydrogens is 456 g/mol. The standard InChI is InChI=1S/C26H34N2O3S.ClH/c1-17-7-11-20(12-8-17)25(29)28(21-13-9-18(16-27)10-14-21)22-15-23(32-24(22)26(30)31)19-5-3-2-4-6-19;/h5,15,17-18,20-21H,2-4,6-14H2,1H3,(H,30,31);1H. The van der Waals surface area contributed by atoms with Crippen molar-refractivity contribution in [2.24, 2.45) is 17.8 Å². The van der Waals surface area contributed by atoms with Crippen molar-refractivity contribution >= 4 is 46.9 Å². The Labute approximate surface area is 207 Å². The van der Waals surface area contributed by atoms with Gasteiger partial charge < -0.3 is 10.0 Å². The van der Waals surface area contributed by atoms with Crippen molar-refractivity contribution in [1.29, 1.82) is 5.26 Å². The number of hydrogen-bond donors (Lipinski definition) is 1. The smallest absolute Gasteiger partial charge is 0.348 e. The van der Waals surface area contributed by atoms with Gasteiger partial charge in [0.1, 0.15) is 4.88 Å². The number of thiophene rings is 1. The molecule has 7 heteroatoms. The molecule has 1 amide bonds. The molecule has 0 bridgehead atoms. The van der Waals surface area contributed by atoms with Gasteiger partial charge in [-0.1, -0.05) is 13.0 Å². The summed E-state index contributed by atoms with van der Waals surface area (Å²) in [5.74, 6) is -0.184. The van der Waals surface area contributed by atoms with E-state index in [2.05, 4.69) is 19.1 Å². The number of rotatable bonds is 5. The molecule has 2 fully saturated rings. The third-order valence-corrected chi connectivity index (χ3v) is 8.81. The summed E-state index contributed by atoms with van der Waals surface area (Å²) >= 11 is 1.32. The maximum Gasteiger partial charge on any atom is 0.348 e. The van der Waals surface area contributed by atoms with Gasteiger partial charge in [-0.05, 0) is 94.6 Å². The Balaban J connectivity index is 0.00000306. The average Bonchev–Trinajstić information content (AvgIpc) is 3.26. The maximum absolute atomic E-state index is 13.9. The van der Waals surface area contributed by atoms with E-state index in [0.29, 0.717) is 11.6 Å². The fourth-order valence-corrected chi connectivity index (χ4v) is 6.65. The Hall–Kier alpha value is -1.84. The molecule has 3 aliphatic rings. The van der Waals surface area contributed by atoms with E-state index in [1.165, 1.54) is 23.3 Å². The van der Waals surface area contributed by atoms with E-state index in [-0.39, 0.29) is 41.1 Å². The molecule has 2 saturated carbocycles. The van der Waals surface area contributed by atoms with Crippen LogP contribution in [-0.4, -0.2) is 23.0 Å². The zero-order chi connectivity index (χ0) is 22.7. The van der Waals surface area contributed by atoms with Crippen molar-refractivity contribution in [2.75, 3.05) is 4.90 Å². The number of halogens is 1. The van der Waals surface area contributed by atoms with E-state index in [1.807, 2.05) is 11.0 Å². The highest BCUT2D eigenvalue weighted by Gasteiger charge is 2.37. The number of nitriles is 1. The first-order valence-electron chi connectivity index (χ1n) is 12.3. The van der Waals surface area contributed by atoms with Gasteiger partial charge in [-0.2, -0.15) is 5.26 Å². The summed E-state index contributed by atoms with van der Waals surface area (Å²) in [7, 11) is 0. The third kappa shape index (κ3) is 5.81. The number of allylic oxidation sites excluding steroid dienone is 2. The van der Waals surface area contributed by atoms with E-state index in [9.17, 15) is 20.0 Å². The van der Waals surface area contributed by atoms with Crippen molar-refractivity contribution in [3.63, 3.8) is 0 Å². The third-order valence-electron chi connectivity index (χ3n) is 7.62. The van der Waals surface area contributed by atoms with Crippen molar-refractivity contribution in [1.82, 2.24) is 0 Å². The molecule has 0 saturated heterocycles. The number of carbonyl (C=O) groups excluding carboxylic acids is 1. The first-order valence-corrected chi connectivity index (χ1v) is 13.1. The molecule has 1 N–H and O–H groups in total. The number of nitrogens with zero attached hydrogens (tertiary/aromatic N) is 2. The van der Waals surface area contributed by atoms with Crippen LogP contribution in [0.25, 0.3) is 5.57 Å². The van der Waals surface area contributed by atoms with Gasteiger partial charge in [-0.15, -0.1) is 23.7 Å². The first kappa shape index (κ1) is 25.8. The Kier molecular flexibility index (Phi) is 9.01. The maximum atomic E-state index is 13.9. The molecule has 0 aromatic carbocycles. The van der Waals surface area contributed by atoms with Gasteiger partial charge in [-0.3, -0.25) is 4.79 Å². The number of carbonyl (C=O) groups is 2. The zero-order valence-electron chi connectivity index (χ0n) is 19.4. The SMILES string of the molecule is CC1CCC(C(=O)N(c2cc(C3=CCCCC3)sc2C(=O)O)C2CCC(C#N)CC2)CC1.Cl. The van der Waals surface area contributed by atoms with Crippen LogP contribution in [0, 0.1) is 29.1 Å². The second-order valence-corrected chi connectivity index (χ2v) is 11.0. The minimum absolute atomic E-state index is 0. The lowest BCUT2D eigenvalue weighted by molar-refractivity contribution is -0.124. The first-order chi connectivity index (χ1) is 15.5. The molecule has 1 heterocycles. The summed E-state index contributed by atoms with van der Waals surface area (Å²) in [6.45, 7) is 2.24. The number of carboxylic acids is 1. The predicted molar refractivity (Wildman–Crippen MR) is 135 cm³/mol. The number of anilines is 1. The second kappa shape index (κ2) is 11.5. The second-order valence-electron chi connectivity index (χ2n) is 9.90. The van der Waals surface area contributed by atoms with Gasteiger partial charge in [0.05, 0.1) is 11.8 Å². The molecule has 33 heavy (non-hydrogen) atoms. The summed E-state index contributed by atoms with van der Waals surface area (Å²) in [6.07, 6.45) is 13.5. The van der Waals surface area contributed by atoms with E-state index < -0.39 is 5.97 Å². The van der Waals surface area contributed by atoms with Gasteiger partial charge in [0.25, 0.3) is 0 Å². The normalized spacial score (nSPS) is 27.6. The quantitative estimate of drug-likeness (QED) is 0.478. The highest BCUT2D eigenvalue weighted by molar-refractivity contribution is 7.15. The largest absolute Gasteiger partial charge is 0.477 e. The van der Waals surface area contributed by atoms with Crippen molar-refractivity contribution in [3.8, 4) is 6.07 Å². The molecule has 0 atom stereocenters. The topological polar surface area (TPSA) is 81.4 Å². The molecular formula is C26H35ClN2O3S. The molecule has 1 aromatic heterocycles. The van der Waals surface area contributed by atoms with Crippen molar-refractivity contribution in [3.05, 3.63) is 21.9 Å². The fraction of sp³-hybridized carbons (Fsp3) is 0.654. The predicted octanol–water partition coefficient (Wildman–Crippen LogP) is 7.07. The highest BCUT2D eigenvalue weighted by atomic mass is 35.5. The molecule has 1 aromatic rings. The van der Waals surface area contributed by atoms with Crippen LogP contribution in [0.5, 0.6) is 0 Å². The van der Waals surface area contributed by atoms with E-state index in [4.69, 9.17) is 0 Å². The van der Waals surface area contributed by atoms with E-state index >= 15 is 0 Å². The fourth-order valence-electron chi connectivity index (χ4n) is 5.60. The Morgan fingerprint density at radius 2 is 1.79 bits per heavy atom. The molecule has 0 spiro atoms. The van der Waals surface area contributed by atoms with Crippen molar-refractivity contribution in [2.45, 2.75) is 90.0 Å². The summed E-state index contributed by atoms with van der Waals surface area (Å²) in [5, 5.41) is 19.4. The van der Waals surface area contributed by atoms with Gasteiger partial charge in [-0.25, -0.2) is 4.79 Å². The molecule has 0 aliphatic heterocycles. The van der Waals surface area contributed by atoms with Crippen LogP contribution in [0.1, 0.15) is 98.5 Å². The van der Waals surface area contributed by atoms with Gasteiger partial charge in [0.2, 0.25) is 5.91 Å². The van der Waals surface area contributed by atoms with E-state index in [1.54, 1.807) is 0 Å². The van der Waals surface area contributed by atoms with Gasteiger partial charge in [0.15, 0.2) is 0 Å². The Morgan fingerprint density at radius 1 is 1.09 bits per heavy atom. The van der Waals surface area contributed by atoms with E-state index in [0.717, 1.165) is 75.5 Å². The molecule has 4 rings (SSSR count). The molecule has 180 valence electrons. The lowest BCUT2D eigenvalue weighted by Crippen LogP contribution is -2.46. The molecule has 3 aliphatic carbocycles. The summed E-state index contributed by atoms with van der Waals surface area (Å²) < 4.78 is 0. The monoisotopic (exact) mass is 490 g/mol. The molecule has 0 radical (unpaired) electrons. The van der Waals surface area contributed by atoms with Crippen LogP contribution in [0.3, 0.4) is 0 Å². The van der Waals surface area contributed by atoms with Crippen LogP contribution >= 0.6 is 23.7 Å². The van der Waals surface area contributed by atoms with Crippen LogP contribution < -0.4 is 4.90 Å². The number of aromatic carboxylic acids is 1. The lowest BCUT2D eigenvalue weighted by atomic mass is 9.81. The summed E-state index contributed by atoms with van der Waals surface area (Å²) in [4.78, 5) is 29.3. The molecule has 0 unspecified atom stereocenters. The summed E-state index contributed by atoms with van der Waals surface area (Å²) in [6, 6.07) is 4.33. The van der Waals surface area contributed by atoms with Crippen LogP contribution in [0.2, 0.25) is 0 Å². The number of amides is 1. The van der Waals surface area contributed by atoms with Gasteiger partial charge >= 0.3 is 5.97 Å². The van der Waals surface area contributed by atoms with Crippen LogP contribution in [-0.2, 0) is 4.79 Å². The van der Waals surface area contributed by atoms with Crippen LogP contribution in [0.15, 0.2) is 12.1 Å². The molecule has 5 nitrogen and oxygen atoms in total. The minimum Gasteiger partial charge on any atom is -0.477 e. The lowest BCUT2D eigenvalue weighted by Gasteiger charge is -2.38. The highest BCUT2D eigenvalue weighted by Crippen LogP contribution is 2.42. The Morgan fingerprint density at radius 3 is 2.36 bits per heavy atom. The average molecular weight is 491 g/mol. The Bertz CT molecular complexity index is 918. The number of hydrogen-bond acceptors (Lipinski definition) is 4. The van der Waals surface area contributed by atoms with Crippen molar-refractivity contribution < 1.29 is 14.7 Å². The van der Waals surface area contributed by atoms with Gasteiger partial charge in [0, 0.05) is 22.8 Å².